The maximum atomic E-state index is 3.65. The van der Waals surface area contributed by atoms with E-state index in [0.717, 1.165) is 0 Å². The van der Waals surface area contributed by atoms with Crippen LogP contribution in [0, 0.1) is 0 Å². The van der Waals surface area contributed by atoms with Crippen LogP contribution in [0.4, 0.5) is 5.69 Å². The first-order chi connectivity index (χ1) is 7.93. The van der Waals surface area contributed by atoms with Gasteiger partial charge in [0.2, 0.25) is 0 Å². The second-order valence-electron chi connectivity index (χ2n) is 4.72. The molecule has 1 heteroatoms. The van der Waals surface area contributed by atoms with Crippen molar-refractivity contribution in [3.8, 4) is 0 Å². The van der Waals surface area contributed by atoms with Gasteiger partial charge in [-0.2, -0.15) is 0 Å². The largest absolute Gasteiger partial charge is 0.377 e. The molecule has 2 aromatic rings. The van der Waals surface area contributed by atoms with Crippen molar-refractivity contribution in [3.63, 3.8) is 0 Å². The number of hydrogen-bond acceptors (Lipinski definition) is 1. The monoisotopic (exact) mass is 207 g/mol. The first kappa shape index (κ1) is 8.40. The Hall–Kier alpha value is -1.76. The first-order valence-electron chi connectivity index (χ1n) is 5.87. The van der Waals surface area contributed by atoms with E-state index in [2.05, 4.69) is 53.8 Å². The molecule has 1 N–H and O–H groups in total. The summed E-state index contributed by atoms with van der Waals surface area (Å²) < 4.78 is 0. The molecule has 16 heavy (non-hydrogen) atoms. The van der Waals surface area contributed by atoms with E-state index in [9.17, 15) is 0 Å². The highest BCUT2D eigenvalue weighted by Crippen LogP contribution is 2.50. The Balaban J connectivity index is 1.86. The summed E-state index contributed by atoms with van der Waals surface area (Å²) in [6, 6.07) is 18.0. The van der Waals surface area contributed by atoms with Crippen molar-refractivity contribution in [2.24, 2.45) is 0 Å². The number of rotatable bonds is 0. The molecule has 2 atom stereocenters. The van der Waals surface area contributed by atoms with Gasteiger partial charge in [0.1, 0.15) is 0 Å². The van der Waals surface area contributed by atoms with Crippen LogP contribution in [0.15, 0.2) is 48.5 Å². The molecule has 0 saturated carbocycles. The van der Waals surface area contributed by atoms with Gasteiger partial charge >= 0.3 is 0 Å². The Bertz CT molecular complexity index is 507. The highest BCUT2D eigenvalue weighted by molar-refractivity contribution is 5.63. The van der Waals surface area contributed by atoms with Crippen LogP contribution in [0.1, 0.15) is 28.7 Å². The number of hydrogen-bond donors (Lipinski definition) is 1. The third-order valence-corrected chi connectivity index (χ3v) is 3.90. The zero-order chi connectivity index (χ0) is 10.5. The van der Waals surface area contributed by atoms with Crippen molar-refractivity contribution < 1.29 is 0 Å². The van der Waals surface area contributed by atoms with E-state index in [0.29, 0.717) is 12.0 Å². The zero-order valence-electron chi connectivity index (χ0n) is 8.98. The molecule has 2 aliphatic rings. The van der Waals surface area contributed by atoms with Crippen LogP contribution in [0.5, 0.6) is 0 Å². The smallest absolute Gasteiger partial charge is 0.0589 e. The number of nitrogens with one attached hydrogen (secondary N) is 1. The van der Waals surface area contributed by atoms with Crippen LogP contribution in [-0.4, -0.2) is 0 Å². The summed E-state index contributed by atoms with van der Waals surface area (Å²) in [5, 5.41) is 3.65. The van der Waals surface area contributed by atoms with Crippen LogP contribution in [0.3, 0.4) is 0 Å². The standard InChI is InChI=1S/C15H13N/c1-2-6-11-10(5-1)9-13-12-7-3-4-8-14(12)16-15(11)13/h1-8,13,15-16H,9H2. The van der Waals surface area contributed by atoms with Gasteiger partial charge in [-0.15, -0.1) is 0 Å². The van der Waals surface area contributed by atoms with Crippen LogP contribution < -0.4 is 5.32 Å². The molecule has 0 bridgehead atoms. The van der Waals surface area contributed by atoms with Crippen LogP contribution in [0.25, 0.3) is 0 Å². The summed E-state index contributed by atoms with van der Waals surface area (Å²) in [6.45, 7) is 0. The minimum atomic E-state index is 0.508. The maximum absolute atomic E-state index is 3.65. The SMILES string of the molecule is c1ccc2c(c1)CC1c3ccccc3NC21. The van der Waals surface area contributed by atoms with Crippen LogP contribution in [0.2, 0.25) is 0 Å². The zero-order valence-corrected chi connectivity index (χ0v) is 8.98. The lowest BCUT2D eigenvalue weighted by Crippen LogP contribution is -2.05. The Morgan fingerprint density at radius 2 is 1.62 bits per heavy atom. The Kier molecular flexibility index (Phi) is 1.51. The quantitative estimate of drug-likeness (QED) is 0.697. The minimum Gasteiger partial charge on any atom is -0.377 e. The molecule has 0 aromatic heterocycles. The maximum Gasteiger partial charge on any atom is 0.0589 e. The fraction of sp³-hybridized carbons (Fsp3) is 0.200. The van der Waals surface area contributed by atoms with Gasteiger partial charge in [-0.25, -0.2) is 0 Å². The van der Waals surface area contributed by atoms with Crippen molar-refractivity contribution in [3.05, 3.63) is 65.2 Å². The third kappa shape index (κ3) is 0.955. The molecule has 0 saturated heterocycles. The van der Waals surface area contributed by atoms with Crippen molar-refractivity contribution in [2.75, 3.05) is 5.32 Å². The number of benzene rings is 2. The summed E-state index contributed by atoms with van der Waals surface area (Å²) in [4.78, 5) is 0. The summed E-state index contributed by atoms with van der Waals surface area (Å²) in [6.07, 6.45) is 1.19. The molecular formula is C15H13N. The molecule has 2 aromatic carbocycles. The average Bonchev–Trinajstić information content (AvgIpc) is 2.85. The van der Waals surface area contributed by atoms with Gasteiger partial charge in [0, 0.05) is 11.6 Å². The van der Waals surface area contributed by atoms with Crippen molar-refractivity contribution in [1.82, 2.24) is 0 Å². The molecule has 0 amide bonds. The predicted molar refractivity (Wildman–Crippen MR) is 65.7 cm³/mol. The van der Waals surface area contributed by atoms with E-state index in [-0.39, 0.29) is 0 Å². The predicted octanol–water partition coefficient (Wildman–Crippen LogP) is 3.49. The van der Waals surface area contributed by atoms with Crippen molar-refractivity contribution in [1.29, 1.82) is 0 Å². The summed E-state index contributed by atoms with van der Waals surface area (Å²) in [5.74, 6) is 0.647. The molecule has 4 rings (SSSR count). The summed E-state index contributed by atoms with van der Waals surface area (Å²) in [5.41, 5.74) is 5.82. The van der Waals surface area contributed by atoms with Crippen molar-refractivity contribution in [2.45, 2.75) is 18.4 Å². The van der Waals surface area contributed by atoms with Crippen molar-refractivity contribution >= 4 is 5.69 Å². The van der Waals surface area contributed by atoms with Gasteiger partial charge in [-0.1, -0.05) is 42.5 Å². The fourth-order valence-corrected chi connectivity index (χ4v) is 3.18. The molecule has 78 valence electrons. The Labute approximate surface area is 95.1 Å². The molecule has 0 fully saturated rings. The van der Waals surface area contributed by atoms with Crippen LogP contribution >= 0.6 is 0 Å². The van der Waals surface area contributed by atoms with E-state index < -0.39 is 0 Å². The molecular weight excluding hydrogens is 194 g/mol. The van der Waals surface area contributed by atoms with E-state index in [1.165, 1.54) is 28.8 Å². The van der Waals surface area contributed by atoms with Gasteiger partial charge in [0.05, 0.1) is 6.04 Å². The second kappa shape index (κ2) is 2.88. The molecule has 2 unspecified atom stereocenters. The molecule has 1 aliphatic carbocycles. The molecule has 1 nitrogen and oxygen atoms in total. The minimum absolute atomic E-state index is 0.508. The Morgan fingerprint density at radius 1 is 0.875 bits per heavy atom. The summed E-state index contributed by atoms with van der Waals surface area (Å²) >= 11 is 0. The number of fused-ring (bicyclic) bond motifs is 5. The van der Waals surface area contributed by atoms with E-state index >= 15 is 0 Å². The van der Waals surface area contributed by atoms with E-state index in [1.807, 2.05) is 0 Å². The topological polar surface area (TPSA) is 12.0 Å². The lowest BCUT2D eigenvalue weighted by atomic mass is 9.96. The number of para-hydroxylation sites is 1. The molecule has 0 spiro atoms. The van der Waals surface area contributed by atoms with Gasteiger partial charge in [0.15, 0.2) is 0 Å². The third-order valence-electron chi connectivity index (χ3n) is 3.90. The van der Waals surface area contributed by atoms with Gasteiger partial charge in [0.25, 0.3) is 0 Å². The molecule has 0 radical (unpaired) electrons. The normalized spacial score (nSPS) is 24.5. The Morgan fingerprint density at radius 3 is 2.56 bits per heavy atom. The first-order valence-corrected chi connectivity index (χ1v) is 5.87. The highest BCUT2D eigenvalue weighted by atomic mass is 15.0. The lowest BCUT2D eigenvalue weighted by Gasteiger charge is -2.11. The van der Waals surface area contributed by atoms with Gasteiger partial charge in [-0.3, -0.25) is 0 Å². The van der Waals surface area contributed by atoms with E-state index in [4.69, 9.17) is 0 Å². The van der Waals surface area contributed by atoms with Gasteiger partial charge < -0.3 is 5.32 Å². The highest BCUT2D eigenvalue weighted by Gasteiger charge is 2.38. The lowest BCUT2D eigenvalue weighted by molar-refractivity contribution is 0.677. The number of anilines is 1. The average molecular weight is 207 g/mol. The van der Waals surface area contributed by atoms with E-state index in [1.54, 1.807) is 0 Å². The van der Waals surface area contributed by atoms with Gasteiger partial charge in [-0.05, 0) is 29.2 Å². The summed E-state index contributed by atoms with van der Waals surface area (Å²) in [7, 11) is 0. The van der Waals surface area contributed by atoms with Crippen LogP contribution in [-0.2, 0) is 6.42 Å². The second-order valence-corrected chi connectivity index (χ2v) is 4.72. The molecule has 1 heterocycles. The fourth-order valence-electron chi connectivity index (χ4n) is 3.18. The molecule has 1 aliphatic heterocycles.